The predicted octanol–water partition coefficient (Wildman–Crippen LogP) is 2.09. The highest BCUT2D eigenvalue weighted by Gasteiger charge is 2.33. The molecule has 3 rings (SSSR count). The second-order valence-corrected chi connectivity index (χ2v) is 7.24. The van der Waals surface area contributed by atoms with Gasteiger partial charge in [0.25, 0.3) is 0 Å². The molecule has 2 heterocycles. The molecule has 1 atom stereocenters. The highest BCUT2D eigenvalue weighted by Crippen LogP contribution is 2.21. The number of rotatable bonds is 5. The highest BCUT2D eigenvalue weighted by molar-refractivity contribution is 5.98. The molecule has 2 aromatic rings. The van der Waals surface area contributed by atoms with Crippen molar-refractivity contribution in [1.29, 1.82) is 0 Å². The smallest absolute Gasteiger partial charge is 0.246 e. The molecule has 0 bridgehead atoms. The number of anilines is 1. The van der Waals surface area contributed by atoms with Crippen molar-refractivity contribution in [2.75, 3.05) is 31.6 Å². The van der Waals surface area contributed by atoms with Crippen LogP contribution in [0.4, 0.5) is 5.69 Å². The maximum absolute atomic E-state index is 12.7. The van der Waals surface area contributed by atoms with Crippen molar-refractivity contribution in [3.05, 3.63) is 59.9 Å². The highest BCUT2D eigenvalue weighted by atomic mass is 16.2. The van der Waals surface area contributed by atoms with E-state index in [2.05, 4.69) is 4.98 Å². The molecule has 1 saturated heterocycles. The summed E-state index contributed by atoms with van der Waals surface area (Å²) >= 11 is 0. The molecular formula is C21H26N4O2. The summed E-state index contributed by atoms with van der Waals surface area (Å²) in [5.74, 6) is -0.0574. The summed E-state index contributed by atoms with van der Waals surface area (Å²) in [4.78, 5) is 34.8. The van der Waals surface area contributed by atoms with Gasteiger partial charge >= 0.3 is 0 Å². The number of pyridine rings is 1. The first kappa shape index (κ1) is 19.0. The Bertz CT molecular complexity index is 792. The van der Waals surface area contributed by atoms with Crippen LogP contribution in [-0.4, -0.2) is 59.3 Å². The molecule has 1 aromatic heterocycles. The summed E-state index contributed by atoms with van der Waals surface area (Å²) in [5, 5.41) is 0. The Morgan fingerprint density at radius 3 is 2.52 bits per heavy atom. The summed E-state index contributed by atoms with van der Waals surface area (Å²) in [6, 6.07) is 11.8. The molecule has 0 unspecified atom stereocenters. The van der Waals surface area contributed by atoms with E-state index in [1.165, 1.54) is 0 Å². The van der Waals surface area contributed by atoms with Gasteiger partial charge in [-0.3, -0.25) is 19.5 Å². The van der Waals surface area contributed by atoms with Crippen LogP contribution in [0.25, 0.3) is 0 Å². The van der Waals surface area contributed by atoms with Crippen LogP contribution in [-0.2, 0) is 16.1 Å². The van der Waals surface area contributed by atoms with Crippen LogP contribution < -0.4 is 4.90 Å². The van der Waals surface area contributed by atoms with Crippen LogP contribution in [0.1, 0.15) is 18.1 Å². The van der Waals surface area contributed by atoms with Gasteiger partial charge in [-0.15, -0.1) is 0 Å². The molecule has 1 aromatic carbocycles. The lowest BCUT2D eigenvalue weighted by atomic mass is 10.1. The van der Waals surface area contributed by atoms with Gasteiger partial charge in [-0.2, -0.15) is 0 Å². The van der Waals surface area contributed by atoms with Crippen molar-refractivity contribution in [3.63, 3.8) is 0 Å². The number of hydrogen-bond donors (Lipinski definition) is 0. The zero-order valence-electron chi connectivity index (χ0n) is 16.1. The Morgan fingerprint density at radius 2 is 1.85 bits per heavy atom. The van der Waals surface area contributed by atoms with Crippen LogP contribution >= 0.6 is 0 Å². The lowest BCUT2D eigenvalue weighted by Crippen LogP contribution is -2.58. The number of nitrogens with zero attached hydrogens (tertiary/aromatic N) is 4. The van der Waals surface area contributed by atoms with E-state index in [9.17, 15) is 9.59 Å². The minimum atomic E-state index is -0.0397. The molecule has 27 heavy (non-hydrogen) atoms. The van der Waals surface area contributed by atoms with Gasteiger partial charge in [0.05, 0.1) is 6.54 Å². The first-order chi connectivity index (χ1) is 12.9. The average molecular weight is 366 g/mol. The molecule has 1 aliphatic heterocycles. The maximum atomic E-state index is 12.7. The summed E-state index contributed by atoms with van der Waals surface area (Å²) in [7, 11) is 1.91. The van der Waals surface area contributed by atoms with Gasteiger partial charge in [-0.1, -0.05) is 17.7 Å². The summed E-state index contributed by atoms with van der Waals surface area (Å²) in [5.41, 5.74) is 3.15. The number of likely N-dealkylation sites (N-methyl/N-ethyl adjacent to an activating group) is 1. The van der Waals surface area contributed by atoms with Crippen LogP contribution in [0.2, 0.25) is 0 Å². The van der Waals surface area contributed by atoms with Gasteiger partial charge < -0.3 is 9.80 Å². The zero-order chi connectivity index (χ0) is 19.4. The first-order valence-electron chi connectivity index (χ1n) is 9.18. The minimum absolute atomic E-state index is 0.0176. The Labute approximate surface area is 160 Å². The van der Waals surface area contributed by atoms with E-state index in [0.29, 0.717) is 13.1 Å². The number of piperazine rings is 1. The fraction of sp³-hybridized carbons (Fsp3) is 0.381. The summed E-state index contributed by atoms with van der Waals surface area (Å²) in [6.07, 6.45) is 3.49. The fourth-order valence-corrected chi connectivity index (χ4v) is 3.34. The number of aromatic nitrogens is 1. The van der Waals surface area contributed by atoms with Crippen molar-refractivity contribution in [2.45, 2.75) is 26.4 Å². The van der Waals surface area contributed by atoms with Gasteiger partial charge in [0.15, 0.2) is 0 Å². The molecule has 0 N–H and O–H groups in total. The number of carbonyl (C=O) groups is 2. The second kappa shape index (κ2) is 8.31. The predicted molar refractivity (Wildman–Crippen MR) is 105 cm³/mol. The van der Waals surface area contributed by atoms with Crippen LogP contribution in [0.5, 0.6) is 0 Å². The van der Waals surface area contributed by atoms with Crippen LogP contribution in [0, 0.1) is 6.92 Å². The molecular weight excluding hydrogens is 340 g/mol. The SMILES string of the molecule is Cc1ccc(N2C[C@H](C)N(C(=O)CN(C)Cc3ccncc3)CC2=O)cc1. The van der Waals surface area contributed by atoms with E-state index in [1.807, 2.05) is 62.2 Å². The fourth-order valence-electron chi connectivity index (χ4n) is 3.34. The third kappa shape index (κ3) is 4.71. The normalized spacial score (nSPS) is 17.5. The summed E-state index contributed by atoms with van der Waals surface area (Å²) in [6.45, 7) is 5.60. The molecule has 0 spiro atoms. The van der Waals surface area contributed by atoms with Crippen molar-refractivity contribution in [1.82, 2.24) is 14.8 Å². The van der Waals surface area contributed by atoms with Crippen LogP contribution in [0.15, 0.2) is 48.8 Å². The molecule has 0 saturated carbocycles. The number of aryl methyl sites for hydroxylation is 1. The number of benzene rings is 1. The van der Waals surface area contributed by atoms with E-state index >= 15 is 0 Å². The van der Waals surface area contributed by atoms with Crippen molar-refractivity contribution in [3.8, 4) is 0 Å². The van der Waals surface area contributed by atoms with Gasteiger partial charge in [0.1, 0.15) is 6.54 Å². The molecule has 142 valence electrons. The Morgan fingerprint density at radius 1 is 1.19 bits per heavy atom. The summed E-state index contributed by atoms with van der Waals surface area (Å²) < 4.78 is 0. The third-order valence-corrected chi connectivity index (χ3v) is 4.86. The van der Waals surface area contributed by atoms with Crippen molar-refractivity contribution in [2.24, 2.45) is 0 Å². The molecule has 0 aliphatic carbocycles. The topological polar surface area (TPSA) is 56.8 Å². The zero-order valence-corrected chi connectivity index (χ0v) is 16.1. The maximum Gasteiger partial charge on any atom is 0.246 e. The van der Waals surface area contributed by atoms with Gasteiger partial charge in [-0.25, -0.2) is 0 Å². The van der Waals surface area contributed by atoms with E-state index in [4.69, 9.17) is 0 Å². The van der Waals surface area contributed by atoms with Crippen molar-refractivity contribution < 1.29 is 9.59 Å². The lowest BCUT2D eigenvalue weighted by Gasteiger charge is -2.40. The third-order valence-electron chi connectivity index (χ3n) is 4.86. The standard InChI is InChI=1S/C21H26N4O2/c1-16-4-6-19(7-5-16)25-12-17(2)24(15-21(25)27)20(26)14-23(3)13-18-8-10-22-11-9-18/h4-11,17H,12-15H2,1-3H3/t17-/m0/s1. The van der Waals surface area contributed by atoms with E-state index in [0.717, 1.165) is 16.8 Å². The minimum Gasteiger partial charge on any atom is -0.328 e. The quantitative estimate of drug-likeness (QED) is 0.813. The molecule has 1 fully saturated rings. The Balaban J connectivity index is 1.60. The lowest BCUT2D eigenvalue weighted by molar-refractivity contribution is -0.140. The van der Waals surface area contributed by atoms with Gasteiger partial charge in [0.2, 0.25) is 11.8 Å². The number of hydrogen-bond acceptors (Lipinski definition) is 4. The first-order valence-corrected chi connectivity index (χ1v) is 9.18. The van der Waals surface area contributed by atoms with E-state index in [1.54, 1.807) is 22.2 Å². The number of carbonyl (C=O) groups excluding carboxylic acids is 2. The molecule has 1 aliphatic rings. The van der Waals surface area contributed by atoms with Gasteiger partial charge in [0, 0.05) is 37.2 Å². The largest absolute Gasteiger partial charge is 0.328 e. The molecule has 6 heteroatoms. The average Bonchev–Trinajstić information content (AvgIpc) is 2.64. The van der Waals surface area contributed by atoms with E-state index < -0.39 is 0 Å². The second-order valence-electron chi connectivity index (χ2n) is 7.24. The molecule has 2 amide bonds. The number of amides is 2. The van der Waals surface area contributed by atoms with Crippen molar-refractivity contribution >= 4 is 17.5 Å². The Hall–Kier alpha value is -2.73. The Kier molecular flexibility index (Phi) is 5.86. The molecule has 0 radical (unpaired) electrons. The van der Waals surface area contributed by atoms with Crippen LogP contribution in [0.3, 0.4) is 0 Å². The van der Waals surface area contributed by atoms with Gasteiger partial charge in [-0.05, 0) is 50.7 Å². The monoisotopic (exact) mass is 366 g/mol. The molecule has 6 nitrogen and oxygen atoms in total. The van der Waals surface area contributed by atoms with E-state index in [-0.39, 0.29) is 30.9 Å².